The van der Waals surface area contributed by atoms with Crippen molar-refractivity contribution in [2.24, 2.45) is 5.84 Å². The van der Waals surface area contributed by atoms with Gasteiger partial charge in [0.05, 0.1) is 11.6 Å². The van der Waals surface area contributed by atoms with Crippen LogP contribution in [0.3, 0.4) is 0 Å². The van der Waals surface area contributed by atoms with E-state index in [0.29, 0.717) is 19.6 Å². The molecule has 2 rings (SSSR count). The number of methoxy groups -OCH3 is 1. The topological polar surface area (TPSA) is 116 Å². The first-order valence-corrected chi connectivity index (χ1v) is 8.03. The number of hydrogen-bond donors (Lipinski definition) is 3. The third-order valence-corrected chi connectivity index (χ3v) is 5.00. The fourth-order valence-electron chi connectivity index (χ4n) is 1.94. The largest absolute Gasteiger partial charge is 0.378 e. The normalized spacial score (nSPS) is 22.4. The maximum atomic E-state index is 12.2. The van der Waals surface area contributed by atoms with E-state index < -0.39 is 15.6 Å². The highest BCUT2D eigenvalue weighted by Crippen LogP contribution is 2.24. The Balaban J connectivity index is 2.13. The average Bonchev–Trinajstić information content (AvgIpc) is 2.95. The molecule has 2 heterocycles. The van der Waals surface area contributed by atoms with Crippen LogP contribution in [0.25, 0.3) is 0 Å². The summed E-state index contributed by atoms with van der Waals surface area (Å²) in [7, 11) is -2.21. The quantitative estimate of drug-likeness (QED) is 0.498. The fraction of sp³-hybridized carbons (Fsp3) is 0.545. The summed E-state index contributed by atoms with van der Waals surface area (Å²) in [6.07, 6.45) is 1.80. The minimum atomic E-state index is -3.74. The first kappa shape index (κ1) is 16.4. The fourth-order valence-corrected chi connectivity index (χ4v) is 3.31. The molecule has 1 saturated heterocycles. The molecule has 0 aliphatic carbocycles. The lowest BCUT2D eigenvalue weighted by atomic mass is 10.0. The lowest BCUT2D eigenvalue weighted by Crippen LogP contribution is -2.44. The Bertz CT molecular complexity index is 604. The first-order chi connectivity index (χ1) is 9.92. The van der Waals surface area contributed by atoms with Crippen molar-refractivity contribution in [1.29, 1.82) is 0 Å². The molecular formula is C11H17ClN4O4S. The van der Waals surface area contributed by atoms with Crippen molar-refractivity contribution in [2.75, 3.05) is 32.3 Å². The molecule has 1 atom stereocenters. The Morgan fingerprint density at radius 2 is 2.38 bits per heavy atom. The van der Waals surface area contributed by atoms with E-state index >= 15 is 0 Å². The number of anilines is 1. The van der Waals surface area contributed by atoms with Crippen molar-refractivity contribution >= 4 is 27.4 Å². The second-order valence-corrected chi connectivity index (χ2v) is 6.83. The molecule has 1 fully saturated rings. The molecule has 0 amide bonds. The van der Waals surface area contributed by atoms with E-state index in [-0.39, 0.29) is 22.3 Å². The summed E-state index contributed by atoms with van der Waals surface area (Å²) in [5.41, 5.74) is 1.64. The van der Waals surface area contributed by atoms with Crippen molar-refractivity contribution < 1.29 is 17.9 Å². The van der Waals surface area contributed by atoms with Crippen LogP contribution in [0, 0.1) is 0 Å². The zero-order valence-corrected chi connectivity index (χ0v) is 13.0. The summed E-state index contributed by atoms with van der Waals surface area (Å²) in [5.74, 6) is 5.40. The molecule has 1 aliphatic heterocycles. The number of nitrogens with two attached hydrogens (primary N) is 1. The van der Waals surface area contributed by atoms with Gasteiger partial charge in [0.1, 0.15) is 10.5 Å². The molecule has 0 radical (unpaired) electrons. The zero-order valence-electron chi connectivity index (χ0n) is 11.4. The number of ether oxygens (including phenoxy) is 2. The van der Waals surface area contributed by atoms with E-state index in [4.69, 9.17) is 26.9 Å². The molecule has 0 spiro atoms. The van der Waals surface area contributed by atoms with Crippen LogP contribution in [0.1, 0.15) is 6.42 Å². The number of aromatic nitrogens is 1. The van der Waals surface area contributed by atoms with E-state index in [0.717, 1.165) is 0 Å². The van der Waals surface area contributed by atoms with E-state index in [9.17, 15) is 8.42 Å². The minimum Gasteiger partial charge on any atom is -0.378 e. The molecule has 4 N–H and O–H groups in total. The first-order valence-electron chi connectivity index (χ1n) is 6.17. The summed E-state index contributed by atoms with van der Waals surface area (Å²) in [6, 6.07) is 1.27. The molecule has 0 aromatic carbocycles. The van der Waals surface area contributed by atoms with Crippen LogP contribution in [0.4, 0.5) is 5.82 Å². The van der Waals surface area contributed by atoms with E-state index in [1.54, 1.807) is 0 Å². The summed E-state index contributed by atoms with van der Waals surface area (Å²) >= 11 is 5.88. The van der Waals surface area contributed by atoms with Gasteiger partial charge in [-0.15, -0.1) is 0 Å². The van der Waals surface area contributed by atoms with Crippen LogP contribution in [-0.2, 0) is 19.5 Å². The standard InChI is InChI=1S/C11H17ClN4O4S/c1-19-11(2-3-20-7-11)6-15-21(17,18)8-4-9(12)10(16-13)14-5-8/h4-5,15H,2-3,6-7,13H2,1H3,(H,14,16). The van der Waals surface area contributed by atoms with Crippen molar-refractivity contribution in [3.8, 4) is 0 Å². The molecule has 0 bridgehead atoms. The van der Waals surface area contributed by atoms with Gasteiger partial charge >= 0.3 is 0 Å². The maximum Gasteiger partial charge on any atom is 0.242 e. The van der Waals surface area contributed by atoms with Crippen molar-refractivity contribution in [1.82, 2.24) is 9.71 Å². The van der Waals surface area contributed by atoms with E-state index in [1.165, 1.54) is 19.4 Å². The molecule has 1 aliphatic rings. The number of rotatable bonds is 6. The van der Waals surface area contributed by atoms with Crippen LogP contribution in [0.2, 0.25) is 5.02 Å². The predicted octanol–water partition coefficient (Wildman–Crippen LogP) is 0.104. The molecule has 118 valence electrons. The average molecular weight is 337 g/mol. The van der Waals surface area contributed by atoms with Crippen molar-refractivity contribution in [3.05, 3.63) is 17.3 Å². The summed E-state index contributed by atoms with van der Waals surface area (Å²) < 4.78 is 37.6. The van der Waals surface area contributed by atoms with Gasteiger partial charge in [0.25, 0.3) is 0 Å². The molecule has 8 nitrogen and oxygen atoms in total. The second kappa shape index (κ2) is 6.42. The highest BCUT2D eigenvalue weighted by molar-refractivity contribution is 7.89. The van der Waals surface area contributed by atoms with E-state index in [1.807, 2.05) is 0 Å². The Labute approximate surface area is 128 Å². The van der Waals surface area contributed by atoms with Gasteiger partial charge in [0.2, 0.25) is 10.0 Å². The summed E-state index contributed by atoms with van der Waals surface area (Å²) in [5, 5.41) is 0.117. The number of nitrogens with zero attached hydrogens (tertiary/aromatic N) is 1. The van der Waals surface area contributed by atoms with Gasteiger partial charge in [-0.05, 0) is 6.07 Å². The Hall–Kier alpha value is -0.970. The monoisotopic (exact) mass is 336 g/mol. The SMILES string of the molecule is COC1(CNS(=O)(=O)c2cnc(NN)c(Cl)c2)CCOC1. The number of hydrogen-bond acceptors (Lipinski definition) is 7. The van der Waals surface area contributed by atoms with Gasteiger partial charge in [-0.25, -0.2) is 24.0 Å². The molecule has 1 aromatic heterocycles. The molecule has 10 heteroatoms. The second-order valence-electron chi connectivity index (χ2n) is 4.66. The summed E-state index contributed by atoms with van der Waals surface area (Å²) in [4.78, 5) is 3.79. The van der Waals surface area contributed by atoms with Gasteiger partial charge in [-0.1, -0.05) is 11.6 Å². The Morgan fingerprint density at radius 1 is 1.62 bits per heavy atom. The van der Waals surface area contributed by atoms with Crippen molar-refractivity contribution in [2.45, 2.75) is 16.9 Å². The van der Waals surface area contributed by atoms with Gasteiger partial charge in [0, 0.05) is 32.9 Å². The third-order valence-electron chi connectivity index (χ3n) is 3.35. The Morgan fingerprint density at radius 3 is 2.90 bits per heavy atom. The third kappa shape index (κ3) is 3.62. The molecule has 21 heavy (non-hydrogen) atoms. The highest BCUT2D eigenvalue weighted by Gasteiger charge is 2.36. The highest BCUT2D eigenvalue weighted by atomic mass is 35.5. The van der Waals surface area contributed by atoms with E-state index in [2.05, 4.69) is 15.1 Å². The lowest BCUT2D eigenvalue weighted by molar-refractivity contribution is -0.0120. The number of pyridine rings is 1. The molecule has 0 saturated carbocycles. The predicted molar refractivity (Wildman–Crippen MR) is 77.4 cm³/mol. The van der Waals surface area contributed by atoms with Crippen LogP contribution in [0.15, 0.2) is 17.2 Å². The summed E-state index contributed by atoms with van der Waals surface area (Å²) in [6.45, 7) is 1.00. The number of hydrazine groups is 1. The Kier molecular flexibility index (Phi) is 5.02. The van der Waals surface area contributed by atoms with Crippen molar-refractivity contribution in [3.63, 3.8) is 0 Å². The molecule has 1 aromatic rings. The van der Waals surface area contributed by atoms with Crippen LogP contribution in [-0.4, -0.2) is 45.9 Å². The van der Waals surface area contributed by atoms with Gasteiger partial charge in [-0.2, -0.15) is 0 Å². The molecular weight excluding hydrogens is 320 g/mol. The van der Waals surface area contributed by atoms with Gasteiger partial charge < -0.3 is 14.9 Å². The number of nitrogens with one attached hydrogen (secondary N) is 2. The lowest BCUT2D eigenvalue weighted by Gasteiger charge is -2.25. The number of halogens is 1. The van der Waals surface area contributed by atoms with Crippen LogP contribution < -0.4 is 16.0 Å². The smallest absolute Gasteiger partial charge is 0.242 e. The van der Waals surface area contributed by atoms with Crippen LogP contribution in [0.5, 0.6) is 0 Å². The van der Waals surface area contributed by atoms with Crippen LogP contribution >= 0.6 is 11.6 Å². The number of nitrogen functional groups attached to an aromatic ring is 1. The maximum absolute atomic E-state index is 12.2. The minimum absolute atomic E-state index is 0.0448. The zero-order chi connectivity index (χ0) is 15.5. The van der Waals surface area contributed by atoms with Gasteiger partial charge in [-0.3, -0.25) is 0 Å². The molecule has 1 unspecified atom stereocenters. The van der Waals surface area contributed by atoms with Gasteiger partial charge in [0.15, 0.2) is 5.82 Å². The number of sulfonamides is 1.